The van der Waals surface area contributed by atoms with Gasteiger partial charge in [-0.3, -0.25) is 28.8 Å². The summed E-state index contributed by atoms with van der Waals surface area (Å²) in [6.07, 6.45) is 3.20. The predicted octanol–water partition coefficient (Wildman–Crippen LogP) is 1.98. The summed E-state index contributed by atoms with van der Waals surface area (Å²) < 4.78 is 24.4. The van der Waals surface area contributed by atoms with E-state index in [9.17, 15) is 38.7 Å². The van der Waals surface area contributed by atoms with Gasteiger partial charge in [0.1, 0.15) is 37.4 Å². The minimum absolute atomic E-state index is 0.0238. The molecule has 0 atom stereocenters. The van der Waals surface area contributed by atoms with E-state index in [1.165, 1.54) is 33.1 Å². The fourth-order valence-electron chi connectivity index (χ4n) is 3.36. The van der Waals surface area contributed by atoms with Gasteiger partial charge in [0.15, 0.2) is 5.78 Å². The average molecular weight is 681 g/mol. The van der Waals surface area contributed by atoms with Gasteiger partial charge in [0.2, 0.25) is 11.8 Å². The van der Waals surface area contributed by atoms with Crippen LogP contribution in [0.3, 0.4) is 0 Å². The Labute approximate surface area is 280 Å². The molecule has 268 valence electrons. The lowest BCUT2D eigenvalue weighted by molar-refractivity contribution is -0.148. The van der Waals surface area contributed by atoms with Crippen LogP contribution < -0.4 is 15.4 Å². The number of hydrogen-bond donors (Lipinski definition) is 3. The number of unbranched alkanes of at least 4 members (excludes halogenated alkanes) is 2. The molecule has 48 heavy (non-hydrogen) atoms. The zero-order chi connectivity index (χ0) is 36.4. The van der Waals surface area contributed by atoms with E-state index in [0.717, 1.165) is 12.5 Å². The topological polar surface area (TPSA) is 210 Å². The first-order valence-corrected chi connectivity index (χ1v) is 15.4. The fourth-order valence-corrected chi connectivity index (χ4v) is 3.36. The normalized spacial score (nSPS) is 10.3. The van der Waals surface area contributed by atoms with Crippen molar-refractivity contribution in [1.29, 1.82) is 0 Å². The quantitative estimate of drug-likeness (QED) is 0.0400. The third-order valence-corrected chi connectivity index (χ3v) is 5.80. The van der Waals surface area contributed by atoms with Crippen molar-refractivity contribution in [3.05, 3.63) is 42.5 Å². The third kappa shape index (κ3) is 22.7. The number of methoxy groups -OCH3 is 1. The Bertz CT molecular complexity index is 1190. The molecule has 0 spiro atoms. The van der Waals surface area contributed by atoms with Crippen molar-refractivity contribution in [3.63, 3.8) is 0 Å². The summed E-state index contributed by atoms with van der Waals surface area (Å²) in [5.41, 5.74) is -1.15. The maximum absolute atomic E-state index is 12.0. The number of esters is 4. The summed E-state index contributed by atoms with van der Waals surface area (Å²) in [4.78, 5) is 80.3. The molecule has 0 aliphatic heterocycles. The van der Waals surface area contributed by atoms with Crippen LogP contribution in [-0.2, 0) is 47.7 Å². The van der Waals surface area contributed by atoms with E-state index in [1.807, 2.05) is 6.92 Å². The number of ether oxygens (including phenoxy) is 5. The summed E-state index contributed by atoms with van der Waals surface area (Å²) in [5, 5.41) is 14.7. The first-order valence-electron chi connectivity index (χ1n) is 15.4. The molecule has 3 N–H and O–H groups in total. The lowest BCUT2D eigenvalue weighted by Crippen LogP contribution is -2.36. The van der Waals surface area contributed by atoms with Gasteiger partial charge in [-0.15, -0.1) is 0 Å². The molecule has 2 amide bonds. The Hall–Kier alpha value is -4.79. The van der Waals surface area contributed by atoms with E-state index in [-0.39, 0.29) is 44.8 Å². The number of nitrogens with one attached hydrogen (secondary N) is 2. The molecule has 1 aromatic rings. The molecule has 0 aliphatic rings. The largest absolute Gasteiger partial charge is 0.490 e. The molecular formula is C33H48N2O13. The van der Waals surface area contributed by atoms with Gasteiger partial charge in [-0.25, -0.2) is 4.79 Å². The smallest absolute Gasteiger partial charge is 0.330 e. The molecule has 0 radical (unpaired) electrons. The number of hydrogen-bond acceptors (Lipinski definition) is 13. The minimum Gasteiger partial charge on any atom is -0.490 e. The molecule has 0 fully saturated rings. The molecule has 0 saturated heterocycles. The van der Waals surface area contributed by atoms with Gasteiger partial charge < -0.3 is 39.4 Å². The lowest BCUT2D eigenvalue weighted by Gasteiger charge is -2.15. The number of Topliss-reactive ketones (excluding diaryl/α,β-unsaturated/α-hetero) is 1. The molecule has 0 bridgehead atoms. The van der Waals surface area contributed by atoms with Gasteiger partial charge >= 0.3 is 23.9 Å². The Balaban J connectivity index is 0.00000243. The average Bonchev–Trinajstić information content (AvgIpc) is 3.05. The monoisotopic (exact) mass is 680 g/mol. The van der Waals surface area contributed by atoms with E-state index < -0.39 is 48.0 Å². The number of carbonyl (C=O) groups excluding carboxylic acids is 7. The summed E-state index contributed by atoms with van der Waals surface area (Å²) in [5.74, 6) is -3.23. The first kappa shape index (κ1) is 43.2. The number of rotatable bonds is 22. The molecule has 1 aromatic carbocycles. The van der Waals surface area contributed by atoms with Crippen LogP contribution in [0.2, 0.25) is 0 Å². The Kier molecular flexibility index (Phi) is 22.8. The molecule has 0 aliphatic carbocycles. The third-order valence-electron chi connectivity index (χ3n) is 5.80. The number of benzene rings is 1. The van der Waals surface area contributed by atoms with Crippen molar-refractivity contribution in [3.8, 4) is 5.75 Å². The fraction of sp³-hybridized carbons (Fsp3) is 0.545. The molecule has 1 rings (SSSR count). The first-order chi connectivity index (χ1) is 22.7. The summed E-state index contributed by atoms with van der Waals surface area (Å²) in [7, 11) is 1.32. The van der Waals surface area contributed by atoms with E-state index >= 15 is 0 Å². The second-order valence-electron chi connectivity index (χ2n) is 10.5. The molecule has 15 heteroatoms. The number of aliphatic hydroxyl groups is 1. The second-order valence-corrected chi connectivity index (χ2v) is 10.5. The number of carbonyl (C=O) groups is 7. The minimum atomic E-state index is -1.48. The van der Waals surface area contributed by atoms with Gasteiger partial charge in [0, 0.05) is 31.1 Å². The van der Waals surface area contributed by atoms with E-state index in [0.29, 0.717) is 43.6 Å². The van der Waals surface area contributed by atoms with E-state index in [2.05, 4.69) is 26.7 Å². The van der Waals surface area contributed by atoms with E-state index in [4.69, 9.17) is 14.2 Å². The number of amides is 2. The van der Waals surface area contributed by atoms with Crippen LogP contribution >= 0.6 is 0 Å². The Morgan fingerprint density at radius 1 is 0.771 bits per heavy atom. The van der Waals surface area contributed by atoms with E-state index in [1.54, 1.807) is 12.1 Å². The molecule has 0 saturated carbocycles. The van der Waals surface area contributed by atoms with Crippen LogP contribution in [0.25, 0.3) is 0 Å². The van der Waals surface area contributed by atoms with Gasteiger partial charge in [-0.05, 0) is 63.8 Å². The highest BCUT2D eigenvalue weighted by Gasteiger charge is 2.25. The van der Waals surface area contributed by atoms with Gasteiger partial charge in [0.25, 0.3) is 0 Å². The number of ketones is 1. The second kappa shape index (κ2) is 25.3. The zero-order valence-corrected chi connectivity index (χ0v) is 28.1. The van der Waals surface area contributed by atoms with Crippen LogP contribution in [-0.4, -0.2) is 98.8 Å². The molecule has 15 nitrogen and oxygen atoms in total. The summed E-state index contributed by atoms with van der Waals surface area (Å²) in [6, 6.07) is 6.13. The standard InChI is InChI=1S/C27H38N2O11.C6H10O2/c1-27(2,36)26(35)19-8-10-20(11-9-19)38-15-16-40-25(34)18-22(31)29-13-12-28-21(30)17-24(33)39-14-6-4-5-7-23(32)37-3;1-3-5-8-6(7)4-2/h8-11,36H,4-7,12-18H2,1-3H3,(H,28,30)(H,29,31);4H,2-3,5H2,1H3. The van der Waals surface area contributed by atoms with Crippen molar-refractivity contribution in [2.45, 2.75) is 71.3 Å². The molecule has 0 unspecified atom stereocenters. The van der Waals surface area contributed by atoms with Crippen LogP contribution in [0, 0.1) is 0 Å². The highest BCUT2D eigenvalue weighted by molar-refractivity contribution is 6.01. The maximum Gasteiger partial charge on any atom is 0.330 e. The molecule has 0 heterocycles. The summed E-state index contributed by atoms with van der Waals surface area (Å²) >= 11 is 0. The van der Waals surface area contributed by atoms with Gasteiger partial charge in [0.05, 0.1) is 20.3 Å². The van der Waals surface area contributed by atoms with Crippen LogP contribution in [0.1, 0.15) is 76.1 Å². The van der Waals surface area contributed by atoms with Crippen molar-refractivity contribution < 1.29 is 62.4 Å². The highest BCUT2D eigenvalue weighted by atomic mass is 16.6. The van der Waals surface area contributed by atoms with Crippen molar-refractivity contribution in [1.82, 2.24) is 10.6 Å². The Morgan fingerprint density at radius 2 is 1.33 bits per heavy atom. The van der Waals surface area contributed by atoms with Crippen LogP contribution in [0.15, 0.2) is 36.9 Å². The Morgan fingerprint density at radius 3 is 1.83 bits per heavy atom. The highest BCUT2D eigenvalue weighted by Crippen LogP contribution is 2.17. The zero-order valence-electron chi connectivity index (χ0n) is 28.1. The lowest BCUT2D eigenvalue weighted by atomic mass is 9.97. The maximum atomic E-state index is 12.0. The van der Waals surface area contributed by atoms with Gasteiger partial charge in [-0.2, -0.15) is 0 Å². The molecular weight excluding hydrogens is 632 g/mol. The van der Waals surface area contributed by atoms with Crippen LogP contribution in [0.5, 0.6) is 5.75 Å². The van der Waals surface area contributed by atoms with Crippen molar-refractivity contribution in [2.24, 2.45) is 0 Å². The van der Waals surface area contributed by atoms with Crippen LogP contribution in [0.4, 0.5) is 0 Å². The predicted molar refractivity (Wildman–Crippen MR) is 172 cm³/mol. The summed E-state index contributed by atoms with van der Waals surface area (Å²) in [6.45, 7) is 8.63. The van der Waals surface area contributed by atoms with Crippen molar-refractivity contribution >= 4 is 41.5 Å². The SMILES string of the molecule is C=CC(=O)OCCC.COC(=O)CCCCCOC(=O)CC(=O)NCCNC(=O)CC(=O)OCCOc1ccc(C(=O)C(C)(C)O)cc1. The molecule has 0 aromatic heterocycles. The van der Waals surface area contributed by atoms with Crippen molar-refractivity contribution in [2.75, 3.05) is 46.6 Å². The van der Waals surface area contributed by atoms with Gasteiger partial charge in [-0.1, -0.05) is 13.5 Å².